The minimum absolute atomic E-state index is 0.416. The number of alkyl halides is 3. The molecule has 1 aliphatic rings. The summed E-state index contributed by atoms with van der Waals surface area (Å²) in [5.41, 5.74) is 2.57. The van der Waals surface area contributed by atoms with E-state index in [9.17, 15) is 18.0 Å². The maximum absolute atomic E-state index is 12.4. The van der Waals surface area contributed by atoms with Crippen molar-refractivity contribution in [3.8, 4) is 0 Å². The van der Waals surface area contributed by atoms with Crippen molar-refractivity contribution < 1.29 is 18.0 Å². The molecule has 2 rings (SSSR count). The lowest BCUT2D eigenvalue weighted by atomic mass is 10.2. The second-order valence-electron chi connectivity index (χ2n) is 3.49. The van der Waals surface area contributed by atoms with Crippen LogP contribution in [0.2, 0.25) is 0 Å². The van der Waals surface area contributed by atoms with E-state index >= 15 is 0 Å². The average molecular weight is 230 g/mol. The Morgan fingerprint density at radius 3 is 2.38 bits per heavy atom. The van der Waals surface area contributed by atoms with Gasteiger partial charge >= 0.3 is 6.18 Å². The number of anilines is 1. The van der Waals surface area contributed by atoms with Crippen LogP contribution in [-0.2, 0) is 4.79 Å². The molecule has 1 heterocycles. The van der Waals surface area contributed by atoms with Gasteiger partial charge in [-0.3, -0.25) is 4.79 Å². The van der Waals surface area contributed by atoms with E-state index in [2.05, 4.69) is 5.43 Å². The van der Waals surface area contributed by atoms with Crippen LogP contribution in [-0.4, -0.2) is 18.1 Å². The van der Waals surface area contributed by atoms with Crippen molar-refractivity contribution in [3.05, 3.63) is 30.3 Å². The summed E-state index contributed by atoms with van der Waals surface area (Å²) in [6.07, 6.45) is -4.96. The number of halogens is 3. The first-order valence-corrected chi connectivity index (χ1v) is 4.69. The number of para-hydroxylation sites is 1. The van der Waals surface area contributed by atoms with Crippen LogP contribution in [0.25, 0.3) is 0 Å². The largest absolute Gasteiger partial charge is 0.406 e. The standard InChI is InChI=1S/C10H9F3N2O/c11-10(12,13)8-6-9(16)15(14-8)7-4-2-1-3-5-7/h1-5,8,14H,6H2/t8-/m0/s1. The number of rotatable bonds is 1. The van der Waals surface area contributed by atoms with Gasteiger partial charge < -0.3 is 0 Å². The van der Waals surface area contributed by atoms with E-state index in [-0.39, 0.29) is 0 Å². The predicted molar refractivity (Wildman–Crippen MR) is 51.5 cm³/mol. The summed E-state index contributed by atoms with van der Waals surface area (Å²) in [5.74, 6) is -0.575. The fourth-order valence-corrected chi connectivity index (χ4v) is 1.52. The summed E-state index contributed by atoms with van der Waals surface area (Å²) in [7, 11) is 0. The van der Waals surface area contributed by atoms with Crippen molar-refractivity contribution in [2.24, 2.45) is 0 Å². The first-order valence-electron chi connectivity index (χ1n) is 4.69. The number of carbonyl (C=O) groups is 1. The van der Waals surface area contributed by atoms with E-state index < -0.39 is 24.5 Å². The molecule has 0 aromatic heterocycles. The fraction of sp³-hybridized carbons (Fsp3) is 0.300. The van der Waals surface area contributed by atoms with Gasteiger partial charge in [-0.15, -0.1) is 0 Å². The highest BCUT2D eigenvalue weighted by molar-refractivity contribution is 5.94. The number of amides is 1. The molecule has 1 aromatic rings. The third-order valence-electron chi connectivity index (χ3n) is 2.32. The Labute approximate surface area is 89.8 Å². The zero-order chi connectivity index (χ0) is 11.8. The highest BCUT2D eigenvalue weighted by Gasteiger charge is 2.47. The van der Waals surface area contributed by atoms with E-state index in [1.807, 2.05) is 0 Å². The zero-order valence-corrected chi connectivity index (χ0v) is 8.16. The second-order valence-corrected chi connectivity index (χ2v) is 3.49. The number of nitrogens with zero attached hydrogens (tertiary/aromatic N) is 1. The smallest absolute Gasteiger partial charge is 0.273 e. The zero-order valence-electron chi connectivity index (χ0n) is 8.16. The van der Waals surface area contributed by atoms with Crippen molar-refractivity contribution in [1.29, 1.82) is 0 Å². The molecule has 3 nitrogen and oxygen atoms in total. The fourth-order valence-electron chi connectivity index (χ4n) is 1.52. The van der Waals surface area contributed by atoms with E-state index in [0.717, 1.165) is 5.01 Å². The minimum Gasteiger partial charge on any atom is -0.273 e. The molecule has 0 saturated carbocycles. The van der Waals surface area contributed by atoms with Crippen LogP contribution in [0.5, 0.6) is 0 Å². The number of hydrogen-bond acceptors (Lipinski definition) is 2. The summed E-state index contributed by atoms with van der Waals surface area (Å²) in [6, 6.07) is 6.40. The monoisotopic (exact) mass is 230 g/mol. The molecule has 1 amide bonds. The normalized spacial score (nSPS) is 21.6. The molecule has 0 spiro atoms. The Morgan fingerprint density at radius 2 is 1.88 bits per heavy atom. The highest BCUT2D eigenvalue weighted by Crippen LogP contribution is 2.28. The maximum Gasteiger partial charge on any atom is 0.406 e. The Balaban J connectivity index is 2.18. The van der Waals surface area contributed by atoms with Gasteiger partial charge in [-0.2, -0.15) is 13.2 Å². The van der Waals surface area contributed by atoms with Crippen molar-refractivity contribution in [1.82, 2.24) is 5.43 Å². The van der Waals surface area contributed by atoms with Crippen molar-refractivity contribution in [3.63, 3.8) is 0 Å². The molecule has 1 fully saturated rings. The molecule has 1 N–H and O–H groups in total. The third-order valence-corrected chi connectivity index (χ3v) is 2.32. The summed E-state index contributed by atoms with van der Waals surface area (Å²) < 4.78 is 37.1. The van der Waals surface area contributed by atoms with Crippen molar-refractivity contribution in [2.45, 2.75) is 18.6 Å². The topological polar surface area (TPSA) is 32.3 Å². The van der Waals surface area contributed by atoms with Crippen LogP contribution in [0.1, 0.15) is 6.42 Å². The highest BCUT2D eigenvalue weighted by atomic mass is 19.4. The Kier molecular flexibility index (Phi) is 2.59. The molecule has 0 radical (unpaired) electrons. The van der Waals surface area contributed by atoms with Crippen LogP contribution in [0, 0.1) is 0 Å². The Morgan fingerprint density at radius 1 is 1.25 bits per heavy atom. The van der Waals surface area contributed by atoms with Gasteiger partial charge in [0.25, 0.3) is 0 Å². The number of nitrogens with one attached hydrogen (secondary N) is 1. The van der Waals surface area contributed by atoms with E-state index in [4.69, 9.17) is 0 Å². The van der Waals surface area contributed by atoms with Crippen LogP contribution in [0.4, 0.5) is 18.9 Å². The summed E-state index contributed by atoms with van der Waals surface area (Å²) in [5, 5.41) is 0.943. The number of hydrogen-bond donors (Lipinski definition) is 1. The Hall–Kier alpha value is -1.56. The van der Waals surface area contributed by atoms with Crippen LogP contribution < -0.4 is 10.4 Å². The van der Waals surface area contributed by atoms with Crippen molar-refractivity contribution in [2.75, 3.05) is 5.01 Å². The van der Waals surface area contributed by atoms with E-state index in [1.165, 1.54) is 0 Å². The maximum atomic E-state index is 12.4. The molecule has 1 atom stereocenters. The van der Waals surface area contributed by atoms with Gasteiger partial charge in [0, 0.05) is 0 Å². The summed E-state index contributed by atoms with van der Waals surface area (Å²) in [6.45, 7) is 0. The van der Waals surface area contributed by atoms with Gasteiger partial charge in [0.1, 0.15) is 6.04 Å². The van der Waals surface area contributed by atoms with Gasteiger partial charge in [0.05, 0.1) is 12.1 Å². The van der Waals surface area contributed by atoms with Gasteiger partial charge in [0.15, 0.2) is 0 Å². The van der Waals surface area contributed by atoms with Crippen LogP contribution >= 0.6 is 0 Å². The number of benzene rings is 1. The average Bonchev–Trinajstić information content (AvgIpc) is 2.61. The molecule has 1 aliphatic heterocycles. The van der Waals surface area contributed by atoms with Crippen molar-refractivity contribution >= 4 is 11.6 Å². The third kappa shape index (κ3) is 2.01. The molecule has 6 heteroatoms. The molecule has 0 bridgehead atoms. The molecule has 16 heavy (non-hydrogen) atoms. The number of hydrazine groups is 1. The molecular weight excluding hydrogens is 221 g/mol. The first-order chi connectivity index (χ1) is 7.48. The summed E-state index contributed by atoms with van der Waals surface area (Å²) in [4.78, 5) is 11.4. The van der Waals surface area contributed by atoms with Gasteiger partial charge in [-0.25, -0.2) is 10.4 Å². The Bertz CT molecular complexity index is 391. The van der Waals surface area contributed by atoms with Gasteiger partial charge in [-0.1, -0.05) is 18.2 Å². The van der Waals surface area contributed by atoms with E-state index in [0.29, 0.717) is 5.69 Å². The molecule has 0 aliphatic carbocycles. The lowest BCUT2D eigenvalue weighted by Gasteiger charge is -2.19. The molecule has 1 aromatic carbocycles. The first kappa shape index (κ1) is 10.9. The van der Waals surface area contributed by atoms with Gasteiger partial charge in [0.2, 0.25) is 5.91 Å². The molecule has 0 unspecified atom stereocenters. The summed E-state index contributed by atoms with van der Waals surface area (Å²) >= 11 is 0. The quantitative estimate of drug-likeness (QED) is 0.798. The van der Waals surface area contributed by atoms with Crippen LogP contribution in [0.15, 0.2) is 30.3 Å². The predicted octanol–water partition coefficient (Wildman–Crippen LogP) is 1.86. The second kappa shape index (κ2) is 3.79. The van der Waals surface area contributed by atoms with Gasteiger partial charge in [-0.05, 0) is 12.1 Å². The molecular formula is C10H9F3N2O. The SMILES string of the molecule is O=C1C[C@@H](C(F)(F)F)NN1c1ccccc1. The van der Waals surface area contributed by atoms with Crippen LogP contribution in [0.3, 0.4) is 0 Å². The minimum atomic E-state index is -4.40. The molecule has 1 saturated heterocycles. The number of carbonyl (C=O) groups excluding carboxylic acids is 1. The molecule has 86 valence electrons. The lowest BCUT2D eigenvalue weighted by Crippen LogP contribution is -2.44. The lowest BCUT2D eigenvalue weighted by molar-refractivity contribution is -0.153. The van der Waals surface area contributed by atoms with E-state index in [1.54, 1.807) is 30.3 Å².